The predicted molar refractivity (Wildman–Crippen MR) is 157 cm³/mol. The van der Waals surface area contributed by atoms with Crippen molar-refractivity contribution in [2.24, 2.45) is 0 Å². The third kappa shape index (κ3) is 9.05. The maximum Gasteiger partial charge on any atom is 0.252 e. The van der Waals surface area contributed by atoms with Gasteiger partial charge in [-0.15, -0.1) is 0 Å². The van der Waals surface area contributed by atoms with Gasteiger partial charge in [-0.1, -0.05) is 95.0 Å². The zero-order valence-electron chi connectivity index (χ0n) is 24.1. The Bertz CT molecular complexity index is 1100. The zero-order chi connectivity index (χ0) is 27.9. The summed E-state index contributed by atoms with van der Waals surface area (Å²) < 4.78 is 18.3. The normalized spacial score (nSPS) is 11.7. The summed E-state index contributed by atoms with van der Waals surface area (Å²) in [7, 11) is 4.67. The van der Waals surface area contributed by atoms with Crippen molar-refractivity contribution in [2.75, 3.05) is 26.6 Å². The van der Waals surface area contributed by atoms with E-state index in [0.717, 1.165) is 24.1 Å². The summed E-state index contributed by atoms with van der Waals surface area (Å²) in [4.78, 5) is 18.4. The van der Waals surface area contributed by atoms with Gasteiger partial charge in [-0.2, -0.15) is 0 Å². The SMILES string of the molecule is CCCCCCCCCCCCc1cn([C@H](C(=O)Nc2c(OC)cc(OC)cc2OC)c2ccccc2)cn1. The van der Waals surface area contributed by atoms with Crippen molar-refractivity contribution in [3.63, 3.8) is 0 Å². The first-order valence-corrected chi connectivity index (χ1v) is 14.3. The Hall–Kier alpha value is -3.48. The molecule has 0 radical (unpaired) electrons. The number of aromatic nitrogens is 2. The van der Waals surface area contributed by atoms with E-state index in [-0.39, 0.29) is 5.91 Å². The number of aryl methyl sites for hydroxylation is 1. The van der Waals surface area contributed by atoms with Crippen molar-refractivity contribution in [2.45, 2.75) is 83.6 Å². The molecule has 0 unspecified atom stereocenters. The predicted octanol–water partition coefficient (Wildman–Crippen LogP) is 7.60. The van der Waals surface area contributed by atoms with Crippen LogP contribution in [0, 0.1) is 0 Å². The van der Waals surface area contributed by atoms with E-state index < -0.39 is 6.04 Å². The van der Waals surface area contributed by atoms with Crippen LogP contribution in [0.1, 0.15) is 88.4 Å². The molecule has 0 fully saturated rings. The largest absolute Gasteiger partial charge is 0.496 e. The molecule has 0 spiro atoms. The second-order valence-electron chi connectivity index (χ2n) is 9.95. The Balaban J connectivity index is 1.65. The molecule has 0 bridgehead atoms. The highest BCUT2D eigenvalue weighted by Gasteiger charge is 2.26. The molecule has 1 heterocycles. The monoisotopic (exact) mass is 535 g/mol. The summed E-state index contributed by atoms with van der Waals surface area (Å²) in [6.07, 6.45) is 17.7. The Morgan fingerprint density at radius 3 is 2.00 bits per heavy atom. The summed E-state index contributed by atoms with van der Waals surface area (Å²) in [6.45, 7) is 2.26. The highest BCUT2D eigenvalue weighted by Crippen LogP contribution is 2.39. The fourth-order valence-electron chi connectivity index (χ4n) is 4.86. The summed E-state index contributed by atoms with van der Waals surface area (Å²) in [5.74, 6) is 1.27. The number of benzene rings is 2. The fourth-order valence-corrected chi connectivity index (χ4v) is 4.86. The van der Waals surface area contributed by atoms with Crippen LogP contribution in [-0.2, 0) is 11.2 Å². The van der Waals surface area contributed by atoms with Crippen molar-refractivity contribution >= 4 is 11.6 Å². The van der Waals surface area contributed by atoms with Gasteiger partial charge in [0.2, 0.25) is 0 Å². The molecule has 0 aliphatic carbocycles. The molecule has 3 aromatic rings. The van der Waals surface area contributed by atoms with Crippen LogP contribution >= 0.6 is 0 Å². The van der Waals surface area contributed by atoms with E-state index in [2.05, 4.69) is 17.2 Å². The second kappa shape index (κ2) is 16.5. The number of amides is 1. The molecule has 7 nitrogen and oxygen atoms in total. The van der Waals surface area contributed by atoms with E-state index in [1.54, 1.807) is 39.8 Å². The summed E-state index contributed by atoms with van der Waals surface area (Å²) in [5, 5.41) is 3.03. The van der Waals surface area contributed by atoms with Crippen LogP contribution in [0.5, 0.6) is 17.2 Å². The van der Waals surface area contributed by atoms with Crippen molar-refractivity contribution in [1.82, 2.24) is 9.55 Å². The van der Waals surface area contributed by atoms with Gasteiger partial charge in [0.1, 0.15) is 29.0 Å². The smallest absolute Gasteiger partial charge is 0.252 e. The molecule has 7 heteroatoms. The average molecular weight is 536 g/mol. The number of hydrogen-bond donors (Lipinski definition) is 1. The Morgan fingerprint density at radius 2 is 1.44 bits per heavy atom. The van der Waals surface area contributed by atoms with Crippen molar-refractivity contribution < 1.29 is 19.0 Å². The third-order valence-electron chi connectivity index (χ3n) is 7.07. The van der Waals surface area contributed by atoms with Crippen molar-refractivity contribution in [1.29, 1.82) is 0 Å². The van der Waals surface area contributed by atoms with E-state index in [4.69, 9.17) is 14.2 Å². The fraction of sp³-hybridized carbons (Fsp3) is 0.500. The first-order valence-electron chi connectivity index (χ1n) is 14.3. The Morgan fingerprint density at radius 1 is 0.846 bits per heavy atom. The lowest BCUT2D eigenvalue weighted by atomic mass is 10.0. The molecule has 0 saturated carbocycles. The first kappa shape index (κ1) is 30.1. The molecular weight excluding hydrogens is 490 g/mol. The molecule has 39 heavy (non-hydrogen) atoms. The first-order chi connectivity index (χ1) is 19.1. The lowest BCUT2D eigenvalue weighted by Gasteiger charge is -2.21. The summed E-state index contributed by atoms with van der Waals surface area (Å²) in [6, 6.07) is 12.6. The Labute approximate surface area is 233 Å². The van der Waals surface area contributed by atoms with E-state index in [1.807, 2.05) is 41.1 Å². The topological polar surface area (TPSA) is 74.6 Å². The molecule has 0 aliphatic heterocycles. The van der Waals surface area contributed by atoms with E-state index in [9.17, 15) is 4.79 Å². The van der Waals surface area contributed by atoms with Crippen LogP contribution in [0.15, 0.2) is 55.0 Å². The second-order valence-corrected chi connectivity index (χ2v) is 9.95. The molecule has 2 aromatic carbocycles. The molecule has 1 amide bonds. The number of ether oxygens (including phenoxy) is 3. The number of rotatable bonds is 18. The number of carbonyl (C=O) groups is 1. The van der Waals surface area contributed by atoms with Gasteiger partial charge < -0.3 is 24.1 Å². The van der Waals surface area contributed by atoms with Gasteiger partial charge in [0.15, 0.2) is 0 Å². The highest BCUT2D eigenvalue weighted by atomic mass is 16.5. The highest BCUT2D eigenvalue weighted by molar-refractivity contribution is 5.98. The average Bonchev–Trinajstić information content (AvgIpc) is 3.42. The molecule has 1 N–H and O–H groups in total. The van der Waals surface area contributed by atoms with Crippen molar-refractivity contribution in [3.8, 4) is 17.2 Å². The number of carbonyl (C=O) groups excluding carboxylic acids is 1. The van der Waals surface area contributed by atoms with Gasteiger partial charge in [0, 0.05) is 18.3 Å². The van der Waals surface area contributed by atoms with Crippen LogP contribution in [0.25, 0.3) is 0 Å². The number of nitrogens with one attached hydrogen (secondary N) is 1. The van der Waals surface area contributed by atoms with Crippen LogP contribution < -0.4 is 19.5 Å². The lowest BCUT2D eigenvalue weighted by molar-refractivity contribution is -0.118. The van der Waals surface area contributed by atoms with Gasteiger partial charge in [0.05, 0.1) is 33.4 Å². The van der Waals surface area contributed by atoms with Gasteiger partial charge >= 0.3 is 0 Å². The molecule has 212 valence electrons. The van der Waals surface area contributed by atoms with Crippen LogP contribution in [-0.4, -0.2) is 36.8 Å². The molecule has 3 rings (SSSR count). The minimum atomic E-state index is -0.600. The van der Waals surface area contributed by atoms with E-state index >= 15 is 0 Å². The van der Waals surface area contributed by atoms with Crippen LogP contribution in [0.4, 0.5) is 5.69 Å². The maximum atomic E-state index is 13.8. The number of nitrogens with zero attached hydrogens (tertiary/aromatic N) is 2. The van der Waals surface area contributed by atoms with Gasteiger partial charge in [-0.25, -0.2) is 4.98 Å². The number of unbranched alkanes of at least 4 members (excludes halogenated alkanes) is 9. The van der Waals surface area contributed by atoms with Gasteiger partial charge in [-0.3, -0.25) is 4.79 Å². The summed E-state index contributed by atoms with van der Waals surface area (Å²) >= 11 is 0. The van der Waals surface area contributed by atoms with Crippen molar-refractivity contribution in [3.05, 3.63) is 66.2 Å². The number of imidazole rings is 1. The van der Waals surface area contributed by atoms with Gasteiger partial charge in [-0.05, 0) is 18.4 Å². The van der Waals surface area contributed by atoms with E-state index in [0.29, 0.717) is 22.9 Å². The molecule has 0 aliphatic rings. The standard InChI is InChI=1S/C32H45N3O4/c1-5-6-7-8-9-10-11-12-13-17-20-26-23-35(24-33-26)31(25-18-15-14-16-19-25)32(36)34-30-28(38-3)21-27(37-2)22-29(30)39-4/h14-16,18-19,21-24,31H,5-13,17,20H2,1-4H3,(H,34,36)/t31-/m0/s1. The van der Waals surface area contributed by atoms with E-state index in [1.165, 1.54) is 57.8 Å². The molecule has 1 atom stereocenters. The van der Waals surface area contributed by atoms with Crippen LogP contribution in [0.2, 0.25) is 0 Å². The van der Waals surface area contributed by atoms with Crippen LogP contribution in [0.3, 0.4) is 0 Å². The van der Waals surface area contributed by atoms with Gasteiger partial charge in [0.25, 0.3) is 5.91 Å². The number of anilines is 1. The quantitative estimate of drug-likeness (QED) is 0.170. The minimum Gasteiger partial charge on any atom is -0.496 e. The lowest BCUT2D eigenvalue weighted by Crippen LogP contribution is -2.26. The molecule has 0 saturated heterocycles. The third-order valence-corrected chi connectivity index (χ3v) is 7.07. The molecular formula is C32H45N3O4. The maximum absolute atomic E-state index is 13.8. The molecule has 1 aromatic heterocycles. The minimum absolute atomic E-state index is 0.217. The number of hydrogen-bond acceptors (Lipinski definition) is 5. The Kier molecular flexibility index (Phi) is 12.7. The summed E-state index contributed by atoms with van der Waals surface area (Å²) in [5.41, 5.74) is 2.32. The zero-order valence-corrected chi connectivity index (χ0v) is 24.1. The number of methoxy groups -OCH3 is 3.